The summed E-state index contributed by atoms with van der Waals surface area (Å²) in [6.45, 7) is 1.80. The van der Waals surface area contributed by atoms with Crippen LogP contribution >= 0.6 is 11.6 Å². The lowest BCUT2D eigenvalue weighted by molar-refractivity contribution is -0.136. The number of hydrogen-bond donors (Lipinski definition) is 2. The summed E-state index contributed by atoms with van der Waals surface area (Å²) in [7, 11) is 0. The first-order valence-corrected chi connectivity index (χ1v) is 12.7. The summed E-state index contributed by atoms with van der Waals surface area (Å²) in [6.07, 6.45) is -0.358. The second kappa shape index (κ2) is 11.0. The first-order valence-electron chi connectivity index (χ1n) is 12.3. The van der Waals surface area contributed by atoms with E-state index in [0.29, 0.717) is 11.4 Å². The number of hydrogen-bond acceptors (Lipinski definition) is 3. The molecule has 1 aliphatic rings. The molecule has 1 unspecified atom stereocenters. The lowest BCUT2D eigenvalue weighted by Gasteiger charge is -2.17. The van der Waals surface area contributed by atoms with Gasteiger partial charge in [0, 0.05) is 22.6 Å². The third-order valence-corrected chi connectivity index (χ3v) is 7.03. The van der Waals surface area contributed by atoms with Gasteiger partial charge in [-0.25, -0.2) is 4.79 Å². The highest BCUT2D eigenvalue weighted by Gasteiger charge is 2.25. The fourth-order valence-electron chi connectivity index (χ4n) is 4.76. The van der Waals surface area contributed by atoms with Gasteiger partial charge < -0.3 is 9.84 Å². The van der Waals surface area contributed by atoms with Gasteiger partial charge in [0.2, 0.25) is 0 Å². The van der Waals surface area contributed by atoms with E-state index in [-0.39, 0.29) is 6.42 Å². The van der Waals surface area contributed by atoms with Gasteiger partial charge in [0.15, 0.2) is 0 Å². The number of carbonyl (C=O) groups excluding carboxylic acids is 1. The summed E-state index contributed by atoms with van der Waals surface area (Å²) in [5.74, 6) is -0.848. The van der Waals surface area contributed by atoms with Crippen LogP contribution in [-0.2, 0) is 22.4 Å². The minimum Gasteiger partial charge on any atom is -0.481 e. The van der Waals surface area contributed by atoms with Crippen LogP contribution in [0.3, 0.4) is 0 Å². The van der Waals surface area contributed by atoms with Gasteiger partial charge in [0.05, 0.1) is 12.1 Å². The predicted octanol–water partition coefficient (Wildman–Crippen LogP) is 7.55. The Morgan fingerprint density at radius 3 is 2.16 bits per heavy atom. The topological polar surface area (TPSA) is 75.6 Å². The zero-order valence-electron chi connectivity index (χ0n) is 20.8. The highest BCUT2D eigenvalue weighted by atomic mass is 35.5. The van der Waals surface area contributed by atoms with Crippen molar-refractivity contribution < 1.29 is 19.4 Å². The van der Waals surface area contributed by atoms with Crippen molar-refractivity contribution in [2.24, 2.45) is 0 Å². The number of carbonyl (C=O) groups is 2. The Hall–Kier alpha value is -4.35. The van der Waals surface area contributed by atoms with E-state index in [4.69, 9.17) is 21.4 Å². The van der Waals surface area contributed by atoms with E-state index in [1.54, 1.807) is 13.0 Å². The maximum atomic E-state index is 13.0. The summed E-state index contributed by atoms with van der Waals surface area (Å²) in [5, 5.41) is 12.5. The van der Waals surface area contributed by atoms with Crippen molar-refractivity contribution in [3.05, 3.63) is 130 Å². The summed E-state index contributed by atoms with van der Waals surface area (Å²) in [4.78, 5) is 23.9. The Kier molecular flexibility index (Phi) is 7.29. The lowest BCUT2D eigenvalue weighted by atomic mass is 9.98. The number of nitrogens with one attached hydrogen (secondary N) is 1. The van der Waals surface area contributed by atoms with Gasteiger partial charge in [-0.15, -0.1) is 0 Å². The SMILES string of the molecule is CC(OC(=O)NC1=C(c2ccc(-c3ccc(CC(=O)O)cc3)cc2)Cc2ccccc21)c1ccccc1Cl. The molecule has 1 aliphatic carbocycles. The van der Waals surface area contributed by atoms with E-state index in [1.165, 1.54) is 0 Å². The highest BCUT2D eigenvalue weighted by Crippen LogP contribution is 2.38. The molecular formula is C32H26ClNO4. The van der Waals surface area contributed by atoms with E-state index in [1.807, 2.05) is 84.9 Å². The second-order valence-corrected chi connectivity index (χ2v) is 9.63. The van der Waals surface area contributed by atoms with Crippen molar-refractivity contribution in [3.63, 3.8) is 0 Å². The van der Waals surface area contributed by atoms with Crippen molar-refractivity contribution in [1.82, 2.24) is 5.32 Å². The molecule has 0 radical (unpaired) electrons. The molecule has 6 heteroatoms. The van der Waals surface area contributed by atoms with E-state index in [0.717, 1.165) is 50.2 Å². The molecule has 1 amide bonds. The molecule has 38 heavy (non-hydrogen) atoms. The van der Waals surface area contributed by atoms with Gasteiger partial charge in [-0.1, -0.05) is 103 Å². The predicted molar refractivity (Wildman–Crippen MR) is 150 cm³/mol. The van der Waals surface area contributed by atoms with Crippen molar-refractivity contribution in [2.45, 2.75) is 25.9 Å². The molecule has 1 atom stereocenters. The van der Waals surface area contributed by atoms with Crippen molar-refractivity contribution in [3.8, 4) is 11.1 Å². The molecule has 4 aromatic carbocycles. The van der Waals surface area contributed by atoms with Crippen molar-refractivity contribution >= 4 is 34.9 Å². The van der Waals surface area contributed by atoms with E-state index in [2.05, 4.69) is 11.4 Å². The van der Waals surface area contributed by atoms with E-state index in [9.17, 15) is 9.59 Å². The molecule has 0 saturated heterocycles. The van der Waals surface area contributed by atoms with Gasteiger partial charge in [-0.2, -0.15) is 0 Å². The van der Waals surface area contributed by atoms with Crippen LogP contribution in [-0.4, -0.2) is 17.2 Å². The Morgan fingerprint density at radius 1 is 0.868 bits per heavy atom. The number of alkyl carbamates (subject to hydrolysis) is 1. The third kappa shape index (κ3) is 5.48. The van der Waals surface area contributed by atoms with Crippen LogP contribution in [0.5, 0.6) is 0 Å². The molecule has 0 spiro atoms. The number of allylic oxidation sites excluding steroid dienone is 1. The first kappa shape index (κ1) is 25.3. The Labute approximate surface area is 226 Å². The average Bonchev–Trinajstić information content (AvgIpc) is 3.27. The molecule has 0 aliphatic heterocycles. The molecule has 4 aromatic rings. The standard InChI is InChI=1S/C32H26ClNO4/c1-20(26-7-4-5-9-29(26)33)38-32(37)34-31-27-8-3-2-6-25(27)19-28(31)24-16-14-23(15-17-24)22-12-10-21(11-13-22)18-30(35)36/h2-17,20H,18-19H2,1H3,(H,34,37)(H,35,36). The summed E-state index contributed by atoms with van der Waals surface area (Å²) >= 11 is 6.28. The number of aliphatic carboxylic acids is 1. The van der Waals surface area contributed by atoms with Crippen LogP contribution in [0.15, 0.2) is 97.1 Å². The molecule has 2 N–H and O–H groups in total. The number of ether oxygens (including phenoxy) is 1. The van der Waals surface area contributed by atoms with Crippen LogP contribution in [0.1, 0.15) is 40.8 Å². The number of fused-ring (bicyclic) bond motifs is 1. The van der Waals surface area contributed by atoms with Crippen LogP contribution < -0.4 is 5.32 Å². The summed E-state index contributed by atoms with van der Waals surface area (Å²) in [5.41, 5.74) is 8.40. The van der Waals surface area contributed by atoms with Gasteiger partial charge >= 0.3 is 12.1 Å². The summed E-state index contributed by atoms with van der Waals surface area (Å²) in [6, 6.07) is 31.0. The van der Waals surface area contributed by atoms with Gasteiger partial charge in [0.25, 0.3) is 0 Å². The largest absolute Gasteiger partial charge is 0.481 e. The maximum absolute atomic E-state index is 13.0. The monoisotopic (exact) mass is 523 g/mol. The van der Waals surface area contributed by atoms with Gasteiger partial charge in [0.1, 0.15) is 6.10 Å². The fourth-order valence-corrected chi connectivity index (χ4v) is 5.05. The minimum atomic E-state index is -0.848. The van der Waals surface area contributed by atoms with Crippen molar-refractivity contribution in [2.75, 3.05) is 0 Å². The molecular weight excluding hydrogens is 498 g/mol. The first-order chi connectivity index (χ1) is 18.4. The van der Waals surface area contributed by atoms with E-state index < -0.39 is 18.2 Å². The number of benzene rings is 4. The normalized spacial score (nSPS) is 13.1. The maximum Gasteiger partial charge on any atom is 0.412 e. The molecule has 0 fully saturated rings. The minimum absolute atomic E-state index is 0.00328. The number of rotatable bonds is 7. The smallest absolute Gasteiger partial charge is 0.412 e. The zero-order chi connectivity index (χ0) is 26.6. The van der Waals surface area contributed by atoms with Crippen LogP contribution in [0.25, 0.3) is 22.4 Å². The van der Waals surface area contributed by atoms with Gasteiger partial charge in [-0.05, 0) is 46.4 Å². The Balaban J connectivity index is 1.39. The van der Waals surface area contributed by atoms with E-state index >= 15 is 0 Å². The summed E-state index contributed by atoms with van der Waals surface area (Å²) < 4.78 is 5.68. The number of amides is 1. The second-order valence-electron chi connectivity index (χ2n) is 9.23. The molecule has 5 nitrogen and oxygen atoms in total. The fraction of sp³-hybridized carbons (Fsp3) is 0.125. The van der Waals surface area contributed by atoms with Crippen molar-refractivity contribution in [1.29, 1.82) is 0 Å². The van der Waals surface area contributed by atoms with Crippen LogP contribution in [0.2, 0.25) is 5.02 Å². The van der Waals surface area contributed by atoms with Crippen LogP contribution in [0.4, 0.5) is 4.79 Å². The number of carboxylic acid groups (broad SMARTS) is 1. The lowest BCUT2D eigenvalue weighted by Crippen LogP contribution is -2.24. The quantitative estimate of drug-likeness (QED) is 0.262. The zero-order valence-corrected chi connectivity index (χ0v) is 21.5. The van der Waals surface area contributed by atoms with Crippen LogP contribution in [0, 0.1) is 0 Å². The molecule has 190 valence electrons. The molecule has 0 aromatic heterocycles. The molecule has 0 bridgehead atoms. The van der Waals surface area contributed by atoms with Gasteiger partial charge in [-0.3, -0.25) is 10.1 Å². The number of carboxylic acids is 1. The average molecular weight is 524 g/mol. The molecule has 0 saturated carbocycles. The molecule has 5 rings (SSSR count). The highest BCUT2D eigenvalue weighted by molar-refractivity contribution is 6.31. The molecule has 0 heterocycles. The Morgan fingerprint density at radius 2 is 1.47 bits per heavy atom. The number of halogens is 1. The Bertz CT molecular complexity index is 1520. The third-order valence-electron chi connectivity index (χ3n) is 6.69.